The van der Waals surface area contributed by atoms with Gasteiger partial charge in [0.2, 0.25) is 0 Å². The number of likely N-dealkylation sites (N-methyl/N-ethyl adjacent to an activating group) is 1. The number of rotatable bonds is 5. The summed E-state index contributed by atoms with van der Waals surface area (Å²) in [6.07, 6.45) is 0. The van der Waals surface area contributed by atoms with Crippen molar-refractivity contribution >= 4 is 17.6 Å². The lowest BCUT2D eigenvalue weighted by molar-refractivity contribution is -0.134. The average molecular weight is 264 g/mol. The van der Waals surface area contributed by atoms with Gasteiger partial charge in [-0.3, -0.25) is 4.79 Å². The molecule has 0 saturated heterocycles. The molecule has 1 aromatic carbocycles. The Balaban J connectivity index is 2.63. The third kappa shape index (κ3) is 4.28. The summed E-state index contributed by atoms with van der Waals surface area (Å²) in [4.78, 5) is 25.1. The van der Waals surface area contributed by atoms with Crippen LogP contribution in [0.2, 0.25) is 0 Å². The van der Waals surface area contributed by atoms with Crippen molar-refractivity contribution in [3.63, 3.8) is 0 Å². The van der Waals surface area contributed by atoms with Crippen molar-refractivity contribution in [2.24, 2.45) is 0 Å². The van der Waals surface area contributed by atoms with E-state index in [0.717, 1.165) is 5.56 Å². The molecule has 2 N–H and O–H groups in total. The van der Waals surface area contributed by atoms with Gasteiger partial charge in [0, 0.05) is 18.8 Å². The van der Waals surface area contributed by atoms with Crippen LogP contribution in [0.25, 0.3) is 0 Å². The minimum absolute atomic E-state index is 0.195. The van der Waals surface area contributed by atoms with Gasteiger partial charge >= 0.3 is 5.97 Å². The van der Waals surface area contributed by atoms with Crippen LogP contribution in [0.3, 0.4) is 0 Å². The van der Waals surface area contributed by atoms with Gasteiger partial charge in [0.25, 0.3) is 5.91 Å². The summed E-state index contributed by atoms with van der Waals surface area (Å²) in [5, 5.41) is 0. The molecule has 0 bridgehead atoms. The van der Waals surface area contributed by atoms with Crippen LogP contribution in [0.15, 0.2) is 18.2 Å². The van der Waals surface area contributed by atoms with Gasteiger partial charge in [0.1, 0.15) is 0 Å². The summed E-state index contributed by atoms with van der Waals surface area (Å²) in [7, 11) is 0. The van der Waals surface area contributed by atoms with Crippen LogP contribution in [0, 0.1) is 6.92 Å². The molecule has 0 unspecified atom stereocenters. The Bertz CT molecular complexity index is 448. The largest absolute Gasteiger partial charge is 0.452 e. The van der Waals surface area contributed by atoms with E-state index in [1.54, 1.807) is 17.0 Å². The Labute approximate surface area is 113 Å². The summed E-state index contributed by atoms with van der Waals surface area (Å²) in [5.41, 5.74) is 7.41. The van der Waals surface area contributed by atoms with Crippen molar-refractivity contribution in [2.75, 3.05) is 25.4 Å². The van der Waals surface area contributed by atoms with Crippen molar-refractivity contribution in [2.45, 2.75) is 20.8 Å². The predicted octanol–water partition coefficient (Wildman–Crippen LogP) is 1.60. The van der Waals surface area contributed by atoms with Gasteiger partial charge in [0.05, 0.1) is 5.56 Å². The molecular weight excluding hydrogens is 244 g/mol. The molecule has 0 aromatic heterocycles. The zero-order chi connectivity index (χ0) is 14.4. The number of nitrogens with zero attached hydrogens (tertiary/aromatic N) is 1. The first-order valence-electron chi connectivity index (χ1n) is 6.30. The summed E-state index contributed by atoms with van der Waals surface area (Å²) >= 11 is 0. The van der Waals surface area contributed by atoms with Gasteiger partial charge in [-0.2, -0.15) is 0 Å². The van der Waals surface area contributed by atoms with E-state index in [1.807, 2.05) is 20.8 Å². The number of nitrogen functional groups attached to an aromatic ring is 1. The Kier molecular flexibility index (Phi) is 5.36. The molecule has 0 atom stereocenters. The molecule has 1 amide bonds. The van der Waals surface area contributed by atoms with Gasteiger partial charge in [-0.05, 0) is 44.5 Å². The van der Waals surface area contributed by atoms with E-state index in [1.165, 1.54) is 6.07 Å². The zero-order valence-corrected chi connectivity index (χ0v) is 11.6. The highest BCUT2D eigenvalue weighted by molar-refractivity contribution is 5.92. The highest BCUT2D eigenvalue weighted by Gasteiger charge is 2.14. The molecule has 0 saturated carbocycles. The number of ether oxygens (including phenoxy) is 1. The molecule has 0 radical (unpaired) electrons. The van der Waals surface area contributed by atoms with Crippen molar-refractivity contribution in [1.82, 2.24) is 4.90 Å². The van der Waals surface area contributed by atoms with E-state index >= 15 is 0 Å². The van der Waals surface area contributed by atoms with Crippen molar-refractivity contribution < 1.29 is 14.3 Å². The van der Waals surface area contributed by atoms with Crippen LogP contribution in [-0.2, 0) is 9.53 Å². The second kappa shape index (κ2) is 6.78. The van der Waals surface area contributed by atoms with Gasteiger partial charge in [-0.15, -0.1) is 0 Å². The Morgan fingerprint density at radius 1 is 1.21 bits per heavy atom. The lowest BCUT2D eigenvalue weighted by Gasteiger charge is -2.18. The quantitative estimate of drug-likeness (QED) is 0.647. The van der Waals surface area contributed by atoms with Crippen molar-refractivity contribution in [3.8, 4) is 0 Å². The molecule has 5 heteroatoms. The fraction of sp³-hybridized carbons (Fsp3) is 0.429. The summed E-state index contributed by atoms with van der Waals surface area (Å²) in [6, 6.07) is 4.98. The maximum absolute atomic E-state index is 11.8. The van der Waals surface area contributed by atoms with Crippen LogP contribution in [-0.4, -0.2) is 36.5 Å². The summed E-state index contributed by atoms with van der Waals surface area (Å²) in [5.74, 6) is -0.727. The first-order valence-corrected chi connectivity index (χ1v) is 6.30. The SMILES string of the molecule is CCN(CC)C(=O)COC(=O)c1cc(C)cc(N)c1. The minimum atomic E-state index is -0.532. The van der Waals surface area contributed by atoms with Crippen LogP contribution in [0.1, 0.15) is 29.8 Å². The molecule has 104 valence electrons. The standard InChI is InChI=1S/C14H20N2O3/c1-4-16(5-2)13(17)9-19-14(18)11-6-10(3)7-12(15)8-11/h6-8H,4-5,9,15H2,1-3H3. The first-order chi connectivity index (χ1) is 8.97. The molecule has 0 aliphatic rings. The third-order valence-corrected chi connectivity index (χ3v) is 2.78. The van der Waals surface area contributed by atoms with Gasteiger partial charge in [0.15, 0.2) is 6.61 Å². The van der Waals surface area contributed by atoms with Crippen LogP contribution in [0.5, 0.6) is 0 Å². The fourth-order valence-electron chi connectivity index (χ4n) is 1.81. The molecule has 19 heavy (non-hydrogen) atoms. The first kappa shape index (κ1) is 15.0. The maximum Gasteiger partial charge on any atom is 0.338 e. The number of nitrogens with two attached hydrogens (primary N) is 1. The molecule has 0 aliphatic carbocycles. The average Bonchev–Trinajstić information content (AvgIpc) is 2.36. The van der Waals surface area contributed by atoms with E-state index < -0.39 is 5.97 Å². The smallest absolute Gasteiger partial charge is 0.338 e. The van der Waals surface area contributed by atoms with Gasteiger partial charge < -0.3 is 15.4 Å². The van der Waals surface area contributed by atoms with E-state index in [2.05, 4.69) is 0 Å². The molecule has 0 spiro atoms. The molecule has 1 aromatic rings. The predicted molar refractivity (Wildman–Crippen MR) is 73.8 cm³/mol. The lowest BCUT2D eigenvalue weighted by Crippen LogP contribution is -2.34. The highest BCUT2D eigenvalue weighted by Crippen LogP contribution is 2.12. The van der Waals surface area contributed by atoms with E-state index in [4.69, 9.17) is 10.5 Å². The topological polar surface area (TPSA) is 72.6 Å². The fourth-order valence-corrected chi connectivity index (χ4v) is 1.81. The van der Waals surface area contributed by atoms with Crippen molar-refractivity contribution in [3.05, 3.63) is 29.3 Å². The molecule has 0 heterocycles. The number of anilines is 1. The number of amides is 1. The van der Waals surface area contributed by atoms with Crippen molar-refractivity contribution in [1.29, 1.82) is 0 Å². The molecule has 0 aliphatic heterocycles. The highest BCUT2D eigenvalue weighted by atomic mass is 16.5. The molecular formula is C14H20N2O3. The van der Waals surface area contributed by atoms with Crippen LogP contribution < -0.4 is 5.73 Å². The van der Waals surface area contributed by atoms with Gasteiger partial charge in [-0.1, -0.05) is 0 Å². The van der Waals surface area contributed by atoms with Crippen LogP contribution >= 0.6 is 0 Å². The number of hydrogen-bond acceptors (Lipinski definition) is 4. The van der Waals surface area contributed by atoms with E-state index in [-0.39, 0.29) is 12.5 Å². The molecule has 0 fully saturated rings. The summed E-state index contributed by atoms with van der Waals surface area (Å²) < 4.78 is 5.00. The Morgan fingerprint density at radius 2 is 1.84 bits per heavy atom. The summed E-state index contributed by atoms with van der Waals surface area (Å²) in [6.45, 7) is 6.56. The minimum Gasteiger partial charge on any atom is -0.452 e. The normalized spacial score (nSPS) is 10.1. The van der Waals surface area contributed by atoms with Gasteiger partial charge in [-0.25, -0.2) is 4.79 Å². The second-order valence-corrected chi connectivity index (χ2v) is 4.27. The number of carbonyl (C=O) groups is 2. The molecule has 5 nitrogen and oxygen atoms in total. The van der Waals surface area contributed by atoms with E-state index in [9.17, 15) is 9.59 Å². The zero-order valence-electron chi connectivity index (χ0n) is 11.6. The number of aryl methyl sites for hydroxylation is 1. The maximum atomic E-state index is 11.8. The number of esters is 1. The Morgan fingerprint density at radius 3 is 2.37 bits per heavy atom. The number of benzene rings is 1. The number of hydrogen-bond donors (Lipinski definition) is 1. The van der Waals surface area contributed by atoms with E-state index in [0.29, 0.717) is 24.3 Å². The lowest BCUT2D eigenvalue weighted by atomic mass is 10.1. The third-order valence-electron chi connectivity index (χ3n) is 2.78. The number of carbonyl (C=O) groups excluding carboxylic acids is 2. The Hall–Kier alpha value is -2.04. The molecule has 1 rings (SSSR count). The second-order valence-electron chi connectivity index (χ2n) is 4.27. The van der Waals surface area contributed by atoms with Crippen LogP contribution in [0.4, 0.5) is 5.69 Å². The monoisotopic (exact) mass is 264 g/mol.